The maximum absolute atomic E-state index is 10.4. The van der Waals surface area contributed by atoms with Gasteiger partial charge in [0.25, 0.3) is 0 Å². The highest BCUT2D eigenvalue weighted by molar-refractivity contribution is 5.28. The van der Waals surface area contributed by atoms with Gasteiger partial charge >= 0.3 is 0 Å². The van der Waals surface area contributed by atoms with E-state index in [1.807, 2.05) is 45.0 Å². The molecule has 0 bridgehead atoms. The van der Waals surface area contributed by atoms with Crippen LogP contribution in [-0.4, -0.2) is 11.7 Å². The number of hydrogen-bond donors (Lipinski definition) is 2. The molecule has 0 saturated carbocycles. The first kappa shape index (κ1) is 11.2. The van der Waals surface area contributed by atoms with Gasteiger partial charge < -0.3 is 10.8 Å². The largest absolute Gasteiger partial charge is 0.384 e. The van der Waals surface area contributed by atoms with Crippen molar-refractivity contribution in [1.29, 1.82) is 0 Å². The van der Waals surface area contributed by atoms with E-state index in [0.717, 1.165) is 11.1 Å². The second-order valence-electron chi connectivity index (χ2n) is 4.15. The van der Waals surface area contributed by atoms with Crippen molar-refractivity contribution in [1.82, 2.24) is 0 Å². The van der Waals surface area contributed by atoms with Crippen LogP contribution in [-0.2, 0) is 5.60 Å². The number of rotatable bonds is 3. The van der Waals surface area contributed by atoms with Gasteiger partial charge in [0.1, 0.15) is 5.60 Å². The van der Waals surface area contributed by atoms with Crippen LogP contribution in [0.4, 0.5) is 0 Å². The zero-order chi connectivity index (χ0) is 10.8. The molecule has 3 N–H and O–H groups in total. The Balaban J connectivity index is 3.12. The fourth-order valence-corrected chi connectivity index (χ4v) is 1.60. The zero-order valence-corrected chi connectivity index (χ0v) is 9.12. The summed E-state index contributed by atoms with van der Waals surface area (Å²) in [5, 5.41) is 10.4. The molecule has 1 atom stereocenters. The monoisotopic (exact) mass is 193 g/mol. The lowest BCUT2D eigenvalue weighted by atomic mass is 9.83. The average Bonchev–Trinajstić information content (AvgIpc) is 2.16. The summed E-state index contributed by atoms with van der Waals surface area (Å²) in [6.45, 7) is 6.24. The van der Waals surface area contributed by atoms with Gasteiger partial charge in [-0.3, -0.25) is 0 Å². The van der Waals surface area contributed by atoms with Crippen LogP contribution >= 0.6 is 0 Å². The van der Waals surface area contributed by atoms with Crippen LogP contribution in [0.5, 0.6) is 0 Å². The van der Waals surface area contributed by atoms with Crippen molar-refractivity contribution in [2.45, 2.75) is 26.4 Å². The van der Waals surface area contributed by atoms with Crippen LogP contribution in [0.1, 0.15) is 25.0 Å². The van der Waals surface area contributed by atoms with Crippen LogP contribution in [0.3, 0.4) is 0 Å². The third-order valence-electron chi connectivity index (χ3n) is 2.78. The summed E-state index contributed by atoms with van der Waals surface area (Å²) >= 11 is 0. The minimum absolute atomic E-state index is 0.120. The Morgan fingerprint density at radius 3 is 2.50 bits per heavy atom. The summed E-state index contributed by atoms with van der Waals surface area (Å²) in [5.74, 6) is 0.120. The Morgan fingerprint density at radius 1 is 1.43 bits per heavy atom. The standard InChI is InChI=1S/C12H19NO/c1-9(2)12(14,8-13)11-6-4-5-10(3)7-11/h4-7,9,14H,8,13H2,1-3H3. The van der Waals surface area contributed by atoms with E-state index < -0.39 is 5.60 Å². The average molecular weight is 193 g/mol. The van der Waals surface area contributed by atoms with E-state index in [1.165, 1.54) is 0 Å². The summed E-state index contributed by atoms with van der Waals surface area (Å²) in [7, 11) is 0. The van der Waals surface area contributed by atoms with Crippen LogP contribution in [0.2, 0.25) is 0 Å². The first-order chi connectivity index (χ1) is 6.50. The molecule has 2 nitrogen and oxygen atoms in total. The highest BCUT2D eigenvalue weighted by Gasteiger charge is 2.31. The van der Waals surface area contributed by atoms with Crippen LogP contribution in [0, 0.1) is 12.8 Å². The van der Waals surface area contributed by atoms with Gasteiger partial charge in [-0.1, -0.05) is 43.7 Å². The summed E-state index contributed by atoms with van der Waals surface area (Å²) < 4.78 is 0. The van der Waals surface area contributed by atoms with Crippen molar-refractivity contribution in [2.75, 3.05) is 6.54 Å². The maximum atomic E-state index is 10.4. The molecule has 0 saturated heterocycles. The van der Waals surface area contributed by atoms with Gasteiger partial charge in [-0.2, -0.15) is 0 Å². The Labute approximate surface area is 85.8 Å². The second kappa shape index (κ2) is 4.11. The Kier molecular flexibility index (Phi) is 3.29. The van der Waals surface area contributed by atoms with Crippen LogP contribution in [0.25, 0.3) is 0 Å². The lowest BCUT2D eigenvalue weighted by Gasteiger charge is -2.31. The van der Waals surface area contributed by atoms with Crippen molar-refractivity contribution < 1.29 is 5.11 Å². The van der Waals surface area contributed by atoms with E-state index in [4.69, 9.17) is 5.73 Å². The first-order valence-electron chi connectivity index (χ1n) is 5.00. The molecule has 0 aliphatic carbocycles. The molecule has 2 heteroatoms. The molecule has 0 spiro atoms. The van der Waals surface area contributed by atoms with Gasteiger partial charge in [-0.05, 0) is 18.4 Å². The second-order valence-corrected chi connectivity index (χ2v) is 4.15. The van der Waals surface area contributed by atoms with Crippen molar-refractivity contribution >= 4 is 0 Å². The van der Waals surface area contributed by atoms with Gasteiger partial charge in [-0.15, -0.1) is 0 Å². The van der Waals surface area contributed by atoms with Gasteiger partial charge in [0, 0.05) is 6.54 Å². The minimum atomic E-state index is -0.897. The zero-order valence-electron chi connectivity index (χ0n) is 9.12. The van der Waals surface area contributed by atoms with E-state index in [0.29, 0.717) is 0 Å². The smallest absolute Gasteiger partial charge is 0.104 e. The van der Waals surface area contributed by atoms with E-state index in [9.17, 15) is 5.11 Å². The van der Waals surface area contributed by atoms with E-state index in [2.05, 4.69) is 0 Å². The van der Waals surface area contributed by atoms with Gasteiger partial charge in [0.15, 0.2) is 0 Å². The van der Waals surface area contributed by atoms with Gasteiger partial charge in [0.05, 0.1) is 0 Å². The summed E-state index contributed by atoms with van der Waals surface area (Å²) in [6, 6.07) is 7.89. The van der Waals surface area contributed by atoms with Crippen molar-refractivity contribution in [3.8, 4) is 0 Å². The fourth-order valence-electron chi connectivity index (χ4n) is 1.60. The molecule has 78 valence electrons. The molecule has 1 rings (SSSR count). The molecule has 0 aliphatic rings. The molecule has 1 aromatic rings. The van der Waals surface area contributed by atoms with Crippen molar-refractivity contribution in [3.63, 3.8) is 0 Å². The van der Waals surface area contributed by atoms with Crippen LogP contribution < -0.4 is 5.73 Å². The molecule has 0 heterocycles. The third-order valence-corrected chi connectivity index (χ3v) is 2.78. The quantitative estimate of drug-likeness (QED) is 0.769. The Hall–Kier alpha value is -0.860. The Morgan fingerprint density at radius 2 is 2.07 bits per heavy atom. The molecule has 1 unspecified atom stereocenters. The Bertz CT molecular complexity index is 309. The number of hydrogen-bond acceptors (Lipinski definition) is 2. The SMILES string of the molecule is Cc1cccc(C(O)(CN)C(C)C)c1. The summed E-state index contributed by atoms with van der Waals surface area (Å²) in [5.41, 5.74) is 6.80. The molecule has 14 heavy (non-hydrogen) atoms. The fraction of sp³-hybridized carbons (Fsp3) is 0.500. The number of aryl methyl sites for hydroxylation is 1. The van der Waals surface area contributed by atoms with E-state index in [-0.39, 0.29) is 12.5 Å². The lowest BCUT2D eigenvalue weighted by molar-refractivity contribution is -0.00118. The molecule has 0 fully saturated rings. The maximum Gasteiger partial charge on any atom is 0.104 e. The molecular weight excluding hydrogens is 174 g/mol. The predicted octanol–water partition coefficient (Wildman–Crippen LogP) is 1.80. The first-order valence-corrected chi connectivity index (χ1v) is 5.00. The topological polar surface area (TPSA) is 46.2 Å². The summed E-state index contributed by atoms with van der Waals surface area (Å²) in [6.07, 6.45) is 0. The molecule has 1 aromatic carbocycles. The predicted molar refractivity (Wildman–Crippen MR) is 59.0 cm³/mol. The third kappa shape index (κ3) is 1.97. The number of benzene rings is 1. The summed E-state index contributed by atoms with van der Waals surface area (Å²) in [4.78, 5) is 0. The molecular formula is C12H19NO. The van der Waals surface area contributed by atoms with Gasteiger partial charge in [-0.25, -0.2) is 0 Å². The minimum Gasteiger partial charge on any atom is -0.384 e. The van der Waals surface area contributed by atoms with E-state index in [1.54, 1.807) is 0 Å². The van der Waals surface area contributed by atoms with Crippen molar-refractivity contribution in [2.24, 2.45) is 11.7 Å². The molecule has 0 aliphatic heterocycles. The van der Waals surface area contributed by atoms with Gasteiger partial charge in [0.2, 0.25) is 0 Å². The molecule has 0 amide bonds. The lowest BCUT2D eigenvalue weighted by Crippen LogP contribution is -2.39. The number of nitrogens with two attached hydrogens (primary N) is 1. The normalized spacial score (nSPS) is 15.6. The molecule has 0 radical (unpaired) electrons. The highest BCUT2D eigenvalue weighted by atomic mass is 16.3. The van der Waals surface area contributed by atoms with Crippen LogP contribution in [0.15, 0.2) is 24.3 Å². The van der Waals surface area contributed by atoms with E-state index >= 15 is 0 Å². The highest BCUT2D eigenvalue weighted by Crippen LogP contribution is 2.28. The number of aliphatic hydroxyl groups is 1. The molecule has 0 aromatic heterocycles. The van der Waals surface area contributed by atoms with Crippen molar-refractivity contribution in [3.05, 3.63) is 35.4 Å².